The van der Waals surface area contributed by atoms with E-state index in [0.717, 1.165) is 19.3 Å². The van der Waals surface area contributed by atoms with Crippen molar-refractivity contribution in [2.24, 2.45) is 5.92 Å². The smallest absolute Gasteiger partial charge is 0.192 e. The summed E-state index contributed by atoms with van der Waals surface area (Å²) in [6, 6.07) is 0. The van der Waals surface area contributed by atoms with Crippen molar-refractivity contribution in [3.05, 3.63) is 12.2 Å². The van der Waals surface area contributed by atoms with Crippen molar-refractivity contribution in [2.45, 2.75) is 74.2 Å². The van der Waals surface area contributed by atoms with E-state index < -0.39 is 18.2 Å². The van der Waals surface area contributed by atoms with Crippen molar-refractivity contribution >= 4 is 30.0 Å². The molecule has 0 aromatic carbocycles. The zero-order valence-corrected chi connectivity index (χ0v) is 16.8. The maximum Gasteiger partial charge on any atom is 0.192 e. The number of halogens is 1. The van der Waals surface area contributed by atoms with Gasteiger partial charge in [0.25, 0.3) is 0 Å². The number of ether oxygens (including phenoxy) is 1. The quantitative estimate of drug-likeness (QED) is 0.413. The molecule has 3 nitrogen and oxygen atoms in total. The van der Waals surface area contributed by atoms with E-state index in [4.69, 9.17) is 9.16 Å². The van der Waals surface area contributed by atoms with Gasteiger partial charge in [-0.05, 0) is 31.0 Å². The third-order valence-corrected chi connectivity index (χ3v) is 12.1. The van der Waals surface area contributed by atoms with Crippen LogP contribution in [0.25, 0.3) is 0 Å². The summed E-state index contributed by atoms with van der Waals surface area (Å²) in [5.74, 6) is 0.340. The molecule has 124 valence electrons. The molecule has 22 heavy (non-hydrogen) atoms. The summed E-state index contributed by atoms with van der Waals surface area (Å²) in [5, 5.41) is 0.151. The zero-order valence-electron chi connectivity index (χ0n) is 14.2. The second-order valence-corrected chi connectivity index (χ2v) is 14.7. The molecule has 3 aliphatic rings. The molecule has 1 saturated carbocycles. The van der Waals surface area contributed by atoms with Gasteiger partial charge in [0.1, 0.15) is 9.93 Å². The lowest BCUT2D eigenvalue weighted by Gasteiger charge is -2.52. The summed E-state index contributed by atoms with van der Waals surface area (Å²) in [4.78, 5) is 12.9. The average Bonchev–Trinajstić information content (AvgIpc) is 2.82. The SMILES string of the molecule is CC(C)(C)[Si](C)(C)OCC12C=CC(O1)C1CCCC2(Br)C1=O. The number of fused-ring (bicyclic) bond motifs is 6. The van der Waals surface area contributed by atoms with E-state index in [1.807, 2.05) is 0 Å². The summed E-state index contributed by atoms with van der Waals surface area (Å²) in [6.07, 6.45) is 6.99. The van der Waals surface area contributed by atoms with E-state index in [-0.39, 0.29) is 17.1 Å². The molecule has 1 aliphatic carbocycles. The van der Waals surface area contributed by atoms with Crippen LogP contribution in [0.15, 0.2) is 12.2 Å². The number of alkyl halides is 1. The van der Waals surface area contributed by atoms with E-state index in [1.165, 1.54) is 0 Å². The van der Waals surface area contributed by atoms with Gasteiger partial charge in [0.15, 0.2) is 14.1 Å². The van der Waals surface area contributed by atoms with Gasteiger partial charge in [-0.25, -0.2) is 0 Å². The van der Waals surface area contributed by atoms with Gasteiger partial charge in [-0.1, -0.05) is 55.3 Å². The minimum absolute atomic E-state index is 0.0212. The number of Topliss-reactive ketones (excluding diaryl/α,β-unsaturated/α-hetero) is 1. The molecule has 2 fully saturated rings. The van der Waals surface area contributed by atoms with Crippen LogP contribution in [0.4, 0.5) is 0 Å². The largest absolute Gasteiger partial charge is 0.413 e. The maximum absolute atomic E-state index is 12.9. The van der Waals surface area contributed by atoms with Crippen LogP contribution in [-0.2, 0) is 14.0 Å². The third kappa shape index (κ3) is 2.23. The van der Waals surface area contributed by atoms with Crippen molar-refractivity contribution in [3.63, 3.8) is 0 Å². The van der Waals surface area contributed by atoms with Gasteiger partial charge in [-0.2, -0.15) is 0 Å². The van der Waals surface area contributed by atoms with Crippen molar-refractivity contribution < 1.29 is 14.0 Å². The molecule has 2 aliphatic heterocycles. The summed E-state index contributed by atoms with van der Waals surface area (Å²) in [6.45, 7) is 11.7. The van der Waals surface area contributed by atoms with E-state index >= 15 is 0 Å². The van der Waals surface area contributed by atoms with Gasteiger partial charge in [0.2, 0.25) is 0 Å². The molecule has 0 amide bonds. The van der Waals surface area contributed by atoms with Crippen LogP contribution >= 0.6 is 15.9 Å². The van der Waals surface area contributed by atoms with Crippen molar-refractivity contribution in [2.75, 3.05) is 6.61 Å². The predicted molar refractivity (Wildman–Crippen MR) is 93.9 cm³/mol. The van der Waals surface area contributed by atoms with Crippen molar-refractivity contribution in [1.29, 1.82) is 0 Å². The predicted octanol–water partition coefficient (Wildman–Crippen LogP) is 4.22. The molecule has 3 rings (SSSR count). The number of rotatable bonds is 3. The molecule has 5 heteroatoms. The standard InChI is InChI=1S/C17H27BrO3Si/c1-15(2,3)22(4,5)20-11-16-10-8-13(21-16)12-7-6-9-17(16,18)14(12)19/h8,10,12-13H,6-7,9,11H2,1-5H3. The Morgan fingerprint density at radius 3 is 2.77 bits per heavy atom. The fourth-order valence-electron chi connectivity index (χ4n) is 3.56. The summed E-state index contributed by atoms with van der Waals surface area (Å²) >= 11 is 3.79. The minimum atomic E-state index is -1.88. The summed E-state index contributed by atoms with van der Waals surface area (Å²) < 4.78 is 12.2. The highest BCUT2D eigenvalue weighted by Crippen LogP contribution is 2.55. The summed E-state index contributed by atoms with van der Waals surface area (Å²) in [7, 11) is -1.88. The van der Waals surface area contributed by atoms with Gasteiger partial charge in [0.05, 0.1) is 12.7 Å². The Labute approximate surface area is 143 Å². The molecule has 0 aromatic heterocycles. The highest BCUT2D eigenvalue weighted by atomic mass is 79.9. The van der Waals surface area contributed by atoms with E-state index in [9.17, 15) is 4.79 Å². The Bertz CT molecular complexity index is 524. The van der Waals surface area contributed by atoms with Crippen LogP contribution in [0.2, 0.25) is 18.1 Å². The van der Waals surface area contributed by atoms with Gasteiger partial charge in [0, 0.05) is 5.92 Å². The van der Waals surface area contributed by atoms with Crippen LogP contribution in [0.1, 0.15) is 40.0 Å². The van der Waals surface area contributed by atoms with Gasteiger partial charge < -0.3 is 9.16 Å². The molecule has 0 N–H and O–H groups in total. The molecular formula is C17H27BrO3Si. The normalized spacial score (nSPS) is 41.1. The zero-order chi connectivity index (χ0) is 16.4. The molecule has 4 atom stereocenters. The molecular weight excluding hydrogens is 360 g/mol. The highest BCUT2D eigenvalue weighted by Gasteiger charge is 2.65. The molecule has 2 heterocycles. The lowest BCUT2D eigenvalue weighted by molar-refractivity contribution is -0.167. The van der Waals surface area contributed by atoms with Crippen LogP contribution < -0.4 is 0 Å². The average molecular weight is 387 g/mol. The molecule has 4 unspecified atom stereocenters. The molecule has 1 saturated heterocycles. The first-order chi connectivity index (χ1) is 10.0. The summed E-state index contributed by atoms with van der Waals surface area (Å²) in [5.41, 5.74) is -0.624. The van der Waals surface area contributed by atoms with E-state index in [0.29, 0.717) is 12.4 Å². The molecule has 0 spiro atoms. The van der Waals surface area contributed by atoms with Crippen LogP contribution in [0.3, 0.4) is 0 Å². The Hall–Kier alpha value is 0.0269. The fraction of sp³-hybridized carbons (Fsp3) is 0.824. The first kappa shape index (κ1) is 16.9. The topological polar surface area (TPSA) is 35.5 Å². The van der Waals surface area contributed by atoms with Crippen molar-refractivity contribution in [1.82, 2.24) is 0 Å². The fourth-order valence-corrected chi connectivity index (χ4v) is 5.48. The van der Waals surface area contributed by atoms with Gasteiger partial charge in [-0.3, -0.25) is 4.79 Å². The molecule has 0 aromatic rings. The van der Waals surface area contributed by atoms with Gasteiger partial charge >= 0.3 is 0 Å². The third-order valence-electron chi connectivity index (χ3n) is 6.19. The van der Waals surface area contributed by atoms with Gasteiger partial charge in [-0.15, -0.1) is 0 Å². The minimum Gasteiger partial charge on any atom is -0.413 e. The van der Waals surface area contributed by atoms with Crippen LogP contribution in [-0.4, -0.2) is 36.7 Å². The Kier molecular flexibility index (Phi) is 3.84. The first-order valence-corrected chi connectivity index (χ1v) is 12.0. The molecule has 4 bridgehead atoms. The Morgan fingerprint density at radius 2 is 2.14 bits per heavy atom. The maximum atomic E-state index is 12.9. The Balaban J connectivity index is 1.87. The number of carbonyl (C=O) groups excluding carboxylic acids is 1. The first-order valence-electron chi connectivity index (χ1n) is 8.27. The van der Waals surface area contributed by atoms with Crippen LogP contribution in [0, 0.1) is 5.92 Å². The monoisotopic (exact) mass is 386 g/mol. The molecule has 0 radical (unpaired) electrons. The Morgan fingerprint density at radius 1 is 1.45 bits per heavy atom. The number of hydrogen-bond acceptors (Lipinski definition) is 3. The second kappa shape index (κ2) is 5.01. The number of carbonyl (C=O) groups is 1. The van der Waals surface area contributed by atoms with Crippen molar-refractivity contribution in [3.8, 4) is 0 Å². The van der Waals surface area contributed by atoms with E-state index in [1.54, 1.807) is 0 Å². The second-order valence-electron chi connectivity index (χ2n) is 8.54. The number of ketones is 1. The van der Waals surface area contributed by atoms with E-state index in [2.05, 4.69) is 61.9 Å². The lowest BCUT2D eigenvalue weighted by Crippen LogP contribution is -2.66. The highest BCUT2D eigenvalue weighted by molar-refractivity contribution is 9.10. The number of hydrogen-bond donors (Lipinski definition) is 0. The van der Waals surface area contributed by atoms with Crippen LogP contribution in [0.5, 0.6) is 0 Å². The lowest BCUT2D eigenvalue weighted by atomic mass is 9.70.